The zero-order valence-corrected chi connectivity index (χ0v) is 12.3. The summed E-state index contributed by atoms with van der Waals surface area (Å²) in [5.74, 6) is -0.861. The van der Waals surface area contributed by atoms with E-state index in [1.54, 1.807) is 6.92 Å². The number of nitrogens with zero attached hydrogens (tertiary/aromatic N) is 1. The van der Waals surface area contributed by atoms with Crippen LogP contribution in [0.5, 0.6) is 0 Å². The van der Waals surface area contributed by atoms with Gasteiger partial charge < -0.3 is 4.74 Å². The molecule has 0 unspecified atom stereocenters. The molecule has 0 saturated carbocycles. The second-order valence-corrected chi connectivity index (χ2v) is 4.83. The third-order valence-electron chi connectivity index (χ3n) is 3.09. The molecule has 1 aromatic carbocycles. The van der Waals surface area contributed by atoms with Gasteiger partial charge in [0.25, 0.3) is 0 Å². The highest BCUT2D eigenvalue weighted by Crippen LogP contribution is 2.15. The van der Waals surface area contributed by atoms with Crippen molar-refractivity contribution in [1.29, 1.82) is 5.26 Å². The fourth-order valence-electron chi connectivity index (χ4n) is 1.78. The number of hydrogen-bond donors (Lipinski definition) is 0. The number of carbonyl (C=O) groups is 2. The maximum Gasteiger partial charge on any atom is 0.161 e. The minimum absolute atomic E-state index is 0.133. The summed E-state index contributed by atoms with van der Waals surface area (Å²) in [7, 11) is 0. The fraction of sp³-hybridized carbons (Fsp3) is 0.353. The van der Waals surface area contributed by atoms with E-state index in [4.69, 9.17) is 10.00 Å². The van der Waals surface area contributed by atoms with Gasteiger partial charge in [-0.05, 0) is 24.6 Å². The van der Waals surface area contributed by atoms with Crippen LogP contribution in [0.15, 0.2) is 42.5 Å². The molecule has 0 saturated heterocycles. The van der Waals surface area contributed by atoms with Crippen LogP contribution in [-0.2, 0) is 20.9 Å². The zero-order valence-electron chi connectivity index (χ0n) is 12.3. The van der Waals surface area contributed by atoms with Crippen LogP contribution in [0.2, 0.25) is 0 Å². The number of rotatable bonds is 8. The van der Waals surface area contributed by atoms with Crippen molar-refractivity contribution in [2.24, 2.45) is 5.92 Å². The first-order chi connectivity index (χ1) is 10.0. The van der Waals surface area contributed by atoms with Crippen LogP contribution < -0.4 is 0 Å². The maximum absolute atomic E-state index is 11.9. The first kappa shape index (κ1) is 16.8. The lowest BCUT2D eigenvalue weighted by Gasteiger charge is -2.20. The van der Waals surface area contributed by atoms with Gasteiger partial charge in [0.1, 0.15) is 0 Å². The highest BCUT2D eigenvalue weighted by Gasteiger charge is 2.23. The second kappa shape index (κ2) is 8.83. The van der Waals surface area contributed by atoms with Gasteiger partial charge in [0.05, 0.1) is 25.2 Å². The predicted molar refractivity (Wildman–Crippen MR) is 79.2 cm³/mol. The van der Waals surface area contributed by atoms with Crippen molar-refractivity contribution >= 4 is 11.6 Å². The van der Waals surface area contributed by atoms with E-state index >= 15 is 0 Å². The van der Waals surface area contributed by atoms with Crippen LogP contribution in [-0.4, -0.2) is 17.7 Å². The summed E-state index contributed by atoms with van der Waals surface area (Å²) >= 11 is 0. The molecule has 0 aliphatic heterocycles. The molecule has 0 amide bonds. The van der Waals surface area contributed by atoms with Crippen LogP contribution in [0.1, 0.15) is 25.8 Å². The Labute approximate surface area is 125 Å². The SMILES string of the molecule is CC(=O)/C=C/C(=O)[C@@H](C)[C@@H](CC#N)OCc1ccccc1. The molecule has 0 fully saturated rings. The van der Waals surface area contributed by atoms with Gasteiger partial charge in [-0.1, -0.05) is 37.3 Å². The van der Waals surface area contributed by atoms with E-state index in [2.05, 4.69) is 0 Å². The number of ether oxygens (including phenoxy) is 1. The minimum Gasteiger partial charge on any atom is -0.372 e. The Hall–Kier alpha value is -2.25. The molecule has 0 heterocycles. The Morgan fingerprint density at radius 2 is 1.95 bits per heavy atom. The van der Waals surface area contributed by atoms with Crippen molar-refractivity contribution in [1.82, 2.24) is 0 Å². The molecule has 0 aliphatic carbocycles. The van der Waals surface area contributed by atoms with Gasteiger partial charge in [-0.3, -0.25) is 9.59 Å². The second-order valence-electron chi connectivity index (χ2n) is 4.83. The fourth-order valence-corrected chi connectivity index (χ4v) is 1.78. The molecule has 0 spiro atoms. The first-order valence-electron chi connectivity index (χ1n) is 6.79. The molecular weight excluding hydrogens is 266 g/mol. The topological polar surface area (TPSA) is 67.2 Å². The van der Waals surface area contributed by atoms with Crippen molar-refractivity contribution in [2.45, 2.75) is 33.0 Å². The van der Waals surface area contributed by atoms with Gasteiger partial charge in [0, 0.05) is 5.92 Å². The average Bonchev–Trinajstić information content (AvgIpc) is 2.49. The van der Waals surface area contributed by atoms with Gasteiger partial charge in [-0.2, -0.15) is 5.26 Å². The van der Waals surface area contributed by atoms with E-state index in [1.165, 1.54) is 19.1 Å². The summed E-state index contributed by atoms with van der Waals surface area (Å²) in [6.07, 6.45) is 2.13. The number of allylic oxidation sites excluding steroid dienone is 2. The largest absolute Gasteiger partial charge is 0.372 e. The molecule has 4 heteroatoms. The normalized spacial score (nSPS) is 13.6. The first-order valence-corrected chi connectivity index (χ1v) is 6.79. The average molecular weight is 285 g/mol. The van der Waals surface area contributed by atoms with E-state index in [9.17, 15) is 9.59 Å². The summed E-state index contributed by atoms with van der Waals surface area (Å²) in [6, 6.07) is 11.6. The third-order valence-corrected chi connectivity index (χ3v) is 3.09. The minimum atomic E-state index is -0.487. The van der Waals surface area contributed by atoms with E-state index < -0.39 is 12.0 Å². The molecule has 1 aromatic rings. The Bertz CT molecular complexity index is 543. The van der Waals surface area contributed by atoms with Gasteiger partial charge >= 0.3 is 0 Å². The van der Waals surface area contributed by atoms with Crippen molar-refractivity contribution in [3.05, 3.63) is 48.0 Å². The van der Waals surface area contributed by atoms with Gasteiger partial charge in [0.15, 0.2) is 11.6 Å². The molecule has 110 valence electrons. The van der Waals surface area contributed by atoms with Crippen LogP contribution in [0, 0.1) is 17.2 Å². The van der Waals surface area contributed by atoms with Crippen LogP contribution in [0.3, 0.4) is 0 Å². The molecule has 0 radical (unpaired) electrons. The Morgan fingerprint density at radius 1 is 1.29 bits per heavy atom. The quantitative estimate of drug-likeness (QED) is 0.689. The van der Waals surface area contributed by atoms with Crippen molar-refractivity contribution in [3.8, 4) is 6.07 Å². The van der Waals surface area contributed by atoms with E-state index in [-0.39, 0.29) is 18.0 Å². The Kier molecular flexibility index (Phi) is 7.06. The van der Waals surface area contributed by atoms with Gasteiger partial charge in [0.2, 0.25) is 0 Å². The van der Waals surface area contributed by atoms with Crippen molar-refractivity contribution < 1.29 is 14.3 Å². The number of hydrogen-bond acceptors (Lipinski definition) is 4. The van der Waals surface area contributed by atoms with E-state index in [1.807, 2.05) is 36.4 Å². The number of ketones is 2. The molecular formula is C17H19NO3. The molecule has 0 bridgehead atoms. The summed E-state index contributed by atoms with van der Waals surface area (Å²) in [5, 5.41) is 8.87. The van der Waals surface area contributed by atoms with Crippen molar-refractivity contribution in [3.63, 3.8) is 0 Å². The van der Waals surface area contributed by atoms with E-state index in [0.29, 0.717) is 6.61 Å². The molecule has 0 N–H and O–H groups in total. The molecule has 4 nitrogen and oxygen atoms in total. The van der Waals surface area contributed by atoms with Gasteiger partial charge in [-0.25, -0.2) is 0 Å². The molecule has 21 heavy (non-hydrogen) atoms. The summed E-state index contributed by atoms with van der Waals surface area (Å²) in [6.45, 7) is 3.44. The van der Waals surface area contributed by atoms with Crippen LogP contribution in [0.4, 0.5) is 0 Å². The molecule has 2 atom stereocenters. The summed E-state index contributed by atoms with van der Waals surface area (Å²) < 4.78 is 5.70. The predicted octanol–water partition coefficient (Wildman–Crippen LogP) is 2.84. The Morgan fingerprint density at radius 3 is 2.52 bits per heavy atom. The summed E-state index contributed by atoms with van der Waals surface area (Å²) in [5.41, 5.74) is 0.986. The molecule has 1 rings (SSSR count). The number of nitriles is 1. The zero-order chi connectivity index (χ0) is 15.7. The Balaban J connectivity index is 2.65. The smallest absolute Gasteiger partial charge is 0.161 e. The lowest BCUT2D eigenvalue weighted by Crippen LogP contribution is -2.27. The van der Waals surface area contributed by atoms with Crippen molar-refractivity contribution in [2.75, 3.05) is 0 Å². The van der Waals surface area contributed by atoms with Crippen LogP contribution >= 0.6 is 0 Å². The molecule has 0 aromatic heterocycles. The third kappa shape index (κ3) is 6.15. The standard InChI is InChI=1S/C17H19NO3/c1-13(19)8-9-16(20)14(2)17(10-11-18)21-12-15-6-4-3-5-7-15/h3-9,14,17H,10,12H2,1-2H3/b9-8+/t14-,17-/m1/s1. The highest BCUT2D eigenvalue weighted by molar-refractivity contribution is 5.98. The van der Waals surface area contributed by atoms with Gasteiger partial charge in [-0.15, -0.1) is 0 Å². The highest BCUT2D eigenvalue weighted by atomic mass is 16.5. The van der Waals surface area contributed by atoms with E-state index in [0.717, 1.165) is 5.56 Å². The lowest BCUT2D eigenvalue weighted by atomic mass is 9.96. The monoisotopic (exact) mass is 285 g/mol. The molecule has 0 aliphatic rings. The maximum atomic E-state index is 11.9. The number of carbonyl (C=O) groups excluding carboxylic acids is 2. The van der Waals surface area contributed by atoms with Crippen LogP contribution in [0.25, 0.3) is 0 Å². The summed E-state index contributed by atoms with van der Waals surface area (Å²) in [4.78, 5) is 22.8. The lowest BCUT2D eigenvalue weighted by molar-refractivity contribution is -0.123. The number of benzene rings is 1.